The zero-order valence-electron chi connectivity index (χ0n) is 18.8. The van der Waals surface area contributed by atoms with Gasteiger partial charge in [0.1, 0.15) is 25.8 Å². The number of hydrogen-bond acceptors (Lipinski definition) is 9. The second kappa shape index (κ2) is 13.1. The number of carbonyl (C=O) groups excluding carboxylic acids is 2. The number of Topliss-reactive ketones (excluding diaryl/α,β-unsaturated/α-hetero) is 1. The summed E-state index contributed by atoms with van der Waals surface area (Å²) >= 11 is 0.960. The summed E-state index contributed by atoms with van der Waals surface area (Å²) in [4.78, 5) is 26.4. The lowest BCUT2D eigenvalue weighted by Gasteiger charge is -2.26. The van der Waals surface area contributed by atoms with Crippen LogP contribution in [0.15, 0.2) is 0 Å². The van der Waals surface area contributed by atoms with Gasteiger partial charge in [-0.15, -0.1) is 0 Å². The van der Waals surface area contributed by atoms with Crippen molar-refractivity contribution >= 4 is 37.8 Å². The molecule has 2 aliphatic rings. The van der Waals surface area contributed by atoms with Crippen LogP contribution in [0.4, 0.5) is 0 Å². The lowest BCUT2D eigenvalue weighted by atomic mass is 9.96. The van der Waals surface area contributed by atoms with E-state index in [1.165, 1.54) is 6.92 Å². The van der Waals surface area contributed by atoms with Crippen molar-refractivity contribution in [2.75, 3.05) is 18.9 Å². The van der Waals surface area contributed by atoms with Gasteiger partial charge in [-0.1, -0.05) is 6.92 Å². The van der Waals surface area contributed by atoms with Crippen molar-refractivity contribution in [3.8, 4) is 0 Å². The Morgan fingerprint density at radius 3 is 2.62 bits per heavy atom. The van der Waals surface area contributed by atoms with E-state index in [0.717, 1.165) is 11.4 Å². The summed E-state index contributed by atoms with van der Waals surface area (Å²) in [5, 5.41) is 0. The third kappa shape index (κ3) is 8.81. The SMILES string of the molecule is [B][C@H]1C[C@@H](OP(=O)(OC[C@H]2O[C@@H](C)C[C@H]2OC(=O)CCC(C)=O)SCC[N+]#[C-])[C@@H](CC)O1. The number of ether oxygens (including phenoxy) is 3. The maximum Gasteiger partial charge on any atom is 0.389 e. The minimum atomic E-state index is -3.66. The smallest absolute Gasteiger partial charge is 0.389 e. The van der Waals surface area contributed by atoms with E-state index >= 15 is 0 Å². The van der Waals surface area contributed by atoms with Crippen molar-refractivity contribution in [2.45, 2.75) is 89.4 Å². The van der Waals surface area contributed by atoms with Crippen molar-refractivity contribution in [3.63, 3.8) is 0 Å². The molecule has 0 aromatic carbocycles. The molecule has 178 valence electrons. The third-order valence-corrected chi connectivity index (χ3v) is 8.84. The van der Waals surface area contributed by atoms with Crippen LogP contribution in [0.5, 0.6) is 0 Å². The maximum atomic E-state index is 13.5. The van der Waals surface area contributed by atoms with E-state index in [4.69, 9.17) is 37.7 Å². The molecule has 9 nitrogen and oxygen atoms in total. The molecule has 2 saturated heterocycles. The number of ketones is 1. The summed E-state index contributed by atoms with van der Waals surface area (Å²) < 4.78 is 42.0. The molecule has 0 bridgehead atoms. The highest BCUT2D eigenvalue weighted by Gasteiger charge is 2.42. The highest BCUT2D eigenvalue weighted by Crippen LogP contribution is 2.62. The van der Waals surface area contributed by atoms with Gasteiger partial charge in [-0.2, -0.15) is 0 Å². The number of rotatable bonds is 13. The van der Waals surface area contributed by atoms with Crippen LogP contribution in [0.25, 0.3) is 4.85 Å². The fourth-order valence-electron chi connectivity index (χ4n) is 3.54. The molecule has 0 saturated carbocycles. The Kier molecular flexibility index (Phi) is 11.2. The summed E-state index contributed by atoms with van der Waals surface area (Å²) in [6, 6.07) is -0.496. The van der Waals surface area contributed by atoms with Crippen molar-refractivity contribution in [1.29, 1.82) is 0 Å². The van der Waals surface area contributed by atoms with E-state index in [9.17, 15) is 14.2 Å². The molecule has 0 N–H and O–H groups in total. The van der Waals surface area contributed by atoms with Gasteiger partial charge in [-0.05, 0) is 38.1 Å². The first-order chi connectivity index (χ1) is 15.2. The molecule has 2 aliphatic heterocycles. The van der Waals surface area contributed by atoms with Crippen molar-refractivity contribution in [2.24, 2.45) is 0 Å². The number of carbonyl (C=O) groups is 2. The van der Waals surface area contributed by atoms with Crippen LogP contribution >= 0.6 is 18.2 Å². The second-order valence-electron chi connectivity index (χ2n) is 7.91. The zero-order chi connectivity index (χ0) is 23.7. The molecule has 2 radical (unpaired) electrons. The van der Waals surface area contributed by atoms with Gasteiger partial charge in [-0.25, -0.2) is 11.1 Å². The lowest BCUT2D eigenvalue weighted by molar-refractivity contribution is -0.153. The second-order valence-corrected chi connectivity index (χ2v) is 12.1. The normalized spacial score (nSPS) is 31.7. The predicted octanol–water partition coefficient (Wildman–Crippen LogP) is 3.30. The lowest BCUT2D eigenvalue weighted by Crippen LogP contribution is -2.31. The Morgan fingerprint density at radius 2 is 1.97 bits per heavy atom. The number of nitrogens with zero attached hydrogens (tertiary/aromatic N) is 1. The van der Waals surface area contributed by atoms with Crippen LogP contribution in [0, 0.1) is 6.57 Å². The van der Waals surface area contributed by atoms with Gasteiger partial charge in [0.05, 0.1) is 37.1 Å². The molecule has 0 aromatic heterocycles. The Bertz CT molecular complexity index is 735. The van der Waals surface area contributed by atoms with Crippen molar-refractivity contribution < 1.29 is 37.4 Å². The Hall–Kier alpha value is -0.885. The molecule has 0 aliphatic carbocycles. The molecule has 1 unspecified atom stereocenters. The van der Waals surface area contributed by atoms with E-state index in [2.05, 4.69) is 4.85 Å². The molecule has 7 atom stereocenters. The molecule has 2 rings (SSSR count). The first-order valence-corrected chi connectivity index (χ1v) is 13.9. The van der Waals surface area contributed by atoms with Gasteiger partial charge in [0.2, 0.25) is 6.54 Å². The summed E-state index contributed by atoms with van der Waals surface area (Å²) in [6.07, 6.45) is -0.502. The highest BCUT2D eigenvalue weighted by molar-refractivity contribution is 8.55. The van der Waals surface area contributed by atoms with Gasteiger partial charge in [-0.3, -0.25) is 13.8 Å². The van der Waals surface area contributed by atoms with Crippen LogP contribution in [0.3, 0.4) is 0 Å². The molecule has 12 heteroatoms. The number of esters is 1. The summed E-state index contributed by atoms with van der Waals surface area (Å²) in [7, 11) is 5.86. The predicted molar refractivity (Wildman–Crippen MR) is 120 cm³/mol. The Labute approximate surface area is 195 Å². The average molecular weight is 487 g/mol. The van der Waals surface area contributed by atoms with Gasteiger partial charge in [0, 0.05) is 18.8 Å². The van der Waals surface area contributed by atoms with E-state index in [0.29, 0.717) is 19.3 Å². The van der Waals surface area contributed by atoms with Gasteiger partial charge < -0.3 is 23.9 Å². The first-order valence-electron chi connectivity index (χ1n) is 10.8. The summed E-state index contributed by atoms with van der Waals surface area (Å²) in [5.41, 5.74) is 0. The molecule has 0 spiro atoms. The van der Waals surface area contributed by atoms with E-state index in [1.807, 2.05) is 13.8 Å². The zero-order valence-corrected chi connectivity index (χ0v) is 20.5. The maximum absolute atomic E-state index is 13.5. The first kappa shape index (κ1) is 27.4. The molecule has 2 heterocycles. The molecular weight excluding hydrogens is 456 g/mol. The Balaban J connectivity index is 1.99. The van der Waals surface area contributed by atoms with Gasteiger partial charge >= 0.3 is 12.8 Å². The minimum absolute atomic E-state index is 0.00220. The van der Waals surface area contributed by atoms with Crippen molar-refractivity contribution in [3.05, 3.63) is 11.4 Å². The van der Waals surface area contributed by atoms with E-state index < -0.39 is 37.1 Å². The van der Waals surface area contributed by atoms with Gasteiger partial charge in [0.25, 0.3) is 0 Å². The van der Waals surface area contributed by atoms with E-state index in [1.54, 1.807) is 0 Å². The number of hydrogen-bond donors (Lipinski definition) is 0. The fourth-order valence-corrected chi connectivity index (χ4v) is 6.85. The molecule has 0 amide bonds. The van der Waals surface area contributed by atoms with Crippen LogP contribution in [0.2, 0.25) is 0 Å². The topological polar surface area (TPSA) is 102 Å². The minimum Gasteiger partial charge on any atom is -0.459 e. The van der Waals surface area contributed by atoms with Crippen molar-refractivity contribution in [1.82, 2.24) is 0 Å². The van der Waals surface area contributed by atoms with Crippen LogP contribution in [-0.2, 0) is 37.4 Å². The molecule has 32 heavy (non-hydrogen) atoms. The molecule has 0 aromatic rings. The van der Waals surface area contributed by atoms with Crippen LogP contribution < -0.4 is 0 Å². The summed E-state index contributed by atoms with van der Waals surface area (Å²) in [5.74, 6) is -0.294. The standard InChI is InChI=1S/C20H31BNO8PS/c1-5-15-17(11-19(21)28-15)30-31(25,32-9-8-22-4)26-12-18-16(10-14(3)27-18)29-20(24)7-6-13(2)23/h14-19H,5-12H2,1-3H3/t14-,15+,16+,17+,18+,19+,31?/m0/s1. The molecular formula is C20H31BNO8PS. The summed E-state index contributed by atoms with van der Waals surface area (Å²) in [6.45, 7) is 8.55. The molecule has 2 fully saturated rings. The van der Waals surface area contributed by atoms with Crippen LogP contribution in [-0.4, -0.2) is 75.0 Å². The average Bonchev–Trinajstić information content (AvgIpc) is 3.25. The largest absolute Gasteiger partial charge is 0.459 e. The monoisotopic (exact) mass is 487 g/mol. The van der Waals surface area contributed by atoms with E-state index in [-0.39, 0.29) is 49.7 Å². The highest BCUT2D eigenvalue weighted by atomic mass is 32.7. The van der Waals surface area contributed by atoms with Gasteiger partial charge in [0.15, 0.2) is 0 Å². The van der Waals surface area contributed by atoms with Crippen LogP contribution in [0.1, 0.15) is 52.9 Å². The fraction of sp³-hybridized carbons (Fsp3) is 0.850. The Morgan fingerprint density at radius 1 is 1.22 bits per heavy atom. The third-order valence-electron chi connectivity index (χ3n) is 5.10. The quantitative estimate of drug-likeness (QED) is 0.127.